The number of amides is 10. The Kier molecular flexibility index (Phi) is 27.6. The summed E-state index contributed by atoms with van der Waals surface area (Å²) in [7, 11) is 0. The third kappa shape index (κ3) is 22.7. The van der Waals surface area contributed by atoms with Crippen molar-refractivity contribution in [2.45, 2.75) is 136 Å². The molecule has 10 amide bonds. The monoisotopic (exact) mass is 1460 g/mol. The molecular formula is C75H84F2N12O13S2. The molecule has 1 aliphatic heterocycles. The summed E-state index contributed by atoms with van der Waals surface area (Å²) < 4.78 is 30.2. The number of nitrogens with one attached hydrogen (secondary N) is 9. The molecule has 104 heavy (non-hydrogen) atoms. The molecule has 9 rings (SSSR count). The van der Waals surface area contributed by atoms with Crippen molar-refractivity contribution in [1.82, 2.24) is 47.9 Å². The summed E-state index contributed by atoms with van der Waals surface area (Å²) in [6.45, 7) is -0.449. The second kappa shape index (κ2) is 37.0. The number of carboxylic acid groups (broad SMARTS) is 1. The number of unbranched alkanes of at least 4 members (excludes halogenated alkanes) is 1. The number of carbonyl (C=O) groups excluding carboxylic acids is 10. The summed E-state index contributed by atoms with van der Waals surface area (Å²) in [6, 6.07) is 19.9. The van der Waals surface area contributed by atoms with Crippen molar-refractivity contribution in [3.63, 3.8) is 0 Å². The first-order chi connectivity index (χ1) is 49.9. The van der Waals surface area contributed by atoms with Crippen molar-refractivity contribution in [2.75, 3.05) is 24.6 Å². The molecule has 25 nitrogen and oxygen atoms in total. The van der Waals surface area contributed by atoms with Crippen molar-refractivity contribution in [3.8, 4) is 5.75 Å². The highest BCUT2D eigenvalue weighted by Gasteiger charge is 2.53. The van der Waals surface area contributed by atoms with Crippen molar-refractivity contribution in [1.29, 1.82) is 0 Å². The van der Waals surface area contributed by atoms with Crippen molar-refractivity contribution < 1.29 is 71.7 Å². The molecule has 3 aliphatic rings. The van der Waals surface area contributed by atoms with Crippen molar-refractivity contribution >= 4 is 110 Å². The van der Waals surface area contributed by atoms with Crippen LogP contribution in [0.1, 0.15) is 85.6 Å². The SMILES string of the molecule is NCCCC[C@@H]1NC(=O)CCSCc2cccc(c2)CSC[C@@H](C(N)=O)NC(=O)C2(CC2)NC(=O)[C@H](Cc2ccc(O)cc2)NC(=O)[C@H](CC2=CCC(N)=CC=C2)NC(=O)[C@H](CC(=O)O)NC(=O)[C@H](Cc2cccc3ccc(F)cc23)NC(=O)[C@H](Cc2cccc3ccc(F)cc23)NC(=O)CNC1=O. The molecule has 0 saturated heterocycles. The quantitative estimate of drug-likeness (QED) is 0.0647. The van der Waals surface area contributed by atoms with Crippen LogP contribution in [0.25, 0.3) is 21.5 Å². The van der Waals surface area contributed by atoms with E-state index in [1.807, 2.05) is 24.3 Å². The number of hydrogen-bond donors (Lipinski definition) is 14. The average molecular weight is 1460 g/mol. The van der Waals surface area contributed by atoms with Gasteiger partial charge in [0.25, 0.3) is 0 Å². The Morgan fingerprint density at radius 3 is 1.74 bits per heavy atom. The van der Waals surface area contributed by atoms with Gasteiger partial charge in [0.1, 0.15) is 65.2 Å². The number of phenolic OH excluding ortho intramolecular Hbond substituents is 1. The lowest BCUT2D eigenvalue weighted by molar-refractivity contribution is -0.141. The number of aromatic hydroxyl groups is 1. The third-order valence-electron chi connectivity index (χ3n) is 17.8. The van der Waals surface area contributed by atoms with E-state index in [0.29, 0.717) is 80.6 Å². The molecule has 7 atom stereocenters. The van der Waals surface area contributed by atoms with Gasteiger partial charge in [0.05, 0.1) is 13.0 Å². The number of carbonyl (C=O) groups is 11. The maximum Gasteiger partial charge on any atom is 0.305 e. The van der Waals surface area contributed by atoms with Crippen LogP contribution in [0, 0.1) is 11.6 Å². The molecule has 29 heteroatoms. The number of halogens is 2. The van der Waals surface area contributed by atoms with Crippen LogP contribution in [0.15, 0.2) is 157 Å². The van der Waals surface area contributed by atoms with Gasteiger partial charge in [-0.05, 0) is 136 Å². The normalized spacial score (nSPS) is 21.9. The number of hydrogen-bond acceptors (Lipinski definition) is 16. The van der Waals surface area contributed by atoms with Crippen LogP contribution in [0.3, 0.4) is 0 Å². The lowest BCUT2D eigenvalue weighted by Crippen LogP contribution is -2.61. The minimum Gasteiger partial charge on any atom is -0.508 e. The van der Waals surface area contributed by atoms with E-state index in [0.717, 1.165) is 11.1 Å². The van der Waals surface area contributed by atoms with Crippen LogP contribution < -0.4 is 65.1 Å². The second-order valence-corrected chi connectivity index (χ2v) is 28.0. The number of thioether (sulfide) groups is 2. The van der Waals surface area contributed by atoms with E-state index in [1.54, 1.807) is 60.7 Å². The summed E-state index contributed by atoms with van der Waals surface area (Å²) in [6.07, 6.45) is 5.44. The molecular weight excluding hydrogens is 1380 g/mol. The summed E-state index contributed by atoms with van der Waals surface area (Å²) in [4.78, 5) is 157. The molecule has 0 unspecified atom stereocenters. The summed E-state index contributed by atoms with van der Waals surface area (Å²) in [5, 5.41) is 46.2. The number of allylic oxidation sites excluding steroid dienone is 4. The highest BCUT2D eigenvalue weighted by Crippen LogP contribution is 2.36. The van der Waals surface area contributed by atoms with E-state index >= 15 is 23.2 Å². The zero-order chi connectivity index (χ0) is 74.5. The van der Waals surface area contributed by atoms with Crippen LogP contribution in [-0.2, 0) is 83.5 Å². The first kappa shape index (κ1) is 77.5. The van der Waals surface area contributed by atoms with Gasteiger partial charge in [0.2, 0.25) is 59.1 Å². The molecule has 2 aliphatic carbocycles. The lowest BCUT2D eigenvalue weighted by Gasteiger charge is -2.28. The van der Waals surface area contributed by atoms with Gasteiger partial charge in [-0.25, -0.2) is 8.78 Å². The predicted molar refractivity (Wildman–Crippen MR) is 390 cm³/mol. The minimum absolute atomic E-state index is 0.00797. The maximum atomic E-state index is 15.2. The van der Waals surface area contributed by atoms with E-state index in [-0.39, 0.29) is 68.4 Å². The van der Waals surface area contributed by atoms with Gasteiger partial charge in [-0.1, -0.05) is 103 Å². The number of nitrogens with two attached hydrogens (primary N) is 3. The second-order valence-electron chi connectivity index (χ2n) is 25.9. The van der Waals surface area contributed by atoms with E-state index in [9.17, 15) is 48.6 Å². The topological polar surface area (TPSA) is 415 Å². The van der Waals surface area contributed by atoms with Gasteiger partial charge in [-0.3, -0.25) is 52.7 Å². The molecule has 1 spiro atoms. The number of fused-ring (bicyclic) bond motifs is 4. The molecule has 6 aromatic rings. The largest absolute Gasteiger partial charge is 0.508 e. The van der Waals surface area contributed by atoms with Gasteiger partial charge in [0, 0.05) is 67.2 Å². The van der Waals surface area contributed by atoms with Gasteiger partial charge in [0.15, 0.2) is 0 Å². The number of benzene rings is 6. The molecule has 6 aromatic carbocycles. The van der Waals surface area contributed by atoms with E-state index in [2.05, 4.69) is 47.9 Å². The van der Waals surface area contributed by atoms with Crippen molar-refractivity contribution in [2.24, 2.45) is 17.2 Å². The molecule has 548 valence electrons. The molecule has 1 heterocycles. The summed E-state index contributed by atoms with van der Waals surface area (Å²) in [5.41, 5.74) is 19.9. The van der Waals surface area contributed by atoms with Gasteiger partial charge >= 0.3 is 5.97 Å². The Hall–Kier alpha value is -10.7. The Morgan fingerprint density at radius 2 is 1.14 bits per heavy atom. The van der Waals surface area contributed by atoms with Crippen LogP contribution >= 0.6 is 23.5 Å². The molecule has 0 radical (unpaired) electrons. The number of rotatable bonds is 15. The minimum atomic E-state index is -2.05. The number of primary amides is 1. The molecule has 1 fully saturated rings. The highest BCUT2D eigenvalue weighted by atomic mass is 32.2. The highest BCUT2D eigenvalue weighted by molar-refractivity contribution is 7.98. The number of aliphatic carboxylic acids is 1. The zero-order valence-electron chi connectivity index (χ0n) is 56.8. The fraction of sp³-hybridized carbons (Fsp3) is 0.347. The smallest absolute Gasteiger partial charge is 0.305 e. The van der Waals surface area contributed by atoms with Crippen LogP contribution in [0.2, 0.25) is 0 Å². The van der Waals surface area contributed by atoms with Gasteiger partial charge in [-0.15, -0.1) is 0 Å². The summed E-state index contributed by atoms with van der Waals surface area (Å²) >= 11 is 2.78. The molecule has 0 aromatic heterocycles. The van der Waals surface area contributed by atoms with Gasteiger partial charge < -0.3 is 75.3 Å². The molecule has 17 N–H and O–H groups in total. The number of carboxylic acids is 1. The molecule has 1 saturated carbocycles. The van der Waals surface area contributed by atoms with E-state index < -0.39 is 144 Å². The summed E-state index contributed by atoms with van der Waals surface area (Å²) in [5.74, 6) is -10.8. The Labute approximate surface area is 606 Å². The van der Waals surface area contributed by atoms with Crippen LogP contribution in [-0.4, -0.2) is 148 Å². The van der Waals surface area contributed by atoms with Crippen LogP contribution in [0.5, 0.6) is 5.75 Å². The lowest BCUT2D eigenvalue weighted by atomic mass is 9.96. The van der Waals surface area contributed by atoms with Crippen molar-refractivity contribution in [3.05, 3.63) is 196 Å². The average Bonchev–Trinajstić information content (AvgIpc) is 1.35. The maximum absolute atomic E-state index is 15.2. The first-order valence-electron chi connectivity index (χ1n) is 34.0. The van der Waals surface area contributed by atoms with E-state index in [1.165, 1.54) is 84.2 Å². The van der Waals surface area contributed by atoms with Crippen LogP contribution in [0.4, 0.5) is 8.78 Å². The fourth-order valence-corrected chi connectivity index (χ4v) is 13.9. The Bertz CT molecular complexity index is 4310. The standard InChI is InChI=1S/C75H84F2N12O13S2/c76-51-21-19-47-10-5-12-49(55(47)36-51)34-60-70(98)86-61(35-50-13-6-11-48-20-22-52(77)37-56(48)50)71(99)87-62(38-66(93)94)72(100)84-58(32-43-7-4-14-53(79)23-16-43)69(97)85-59(33-44-17-24-54(90)25-18-44)73(101)89-75(27-28-75)74(102)88-63(67(80)95)42-104-41-46-9-3-8-45(31-46)40-103-30-26-64(91)82-57(15-1-2-29-78)68(96)81-39-65(92)83-60/h3-14,16-22,24-25,31,36-37,57-63,90H,1-2,15,23,26-30,32-35,38-42,78-79H2,(H2,80,95)(H,81,96)(H,82,91)(H,83,92)(H,84,100)(H,85,97)(H,86,98)(H,87,99)(H,88,102)(H,89,101)(H,93,94)/t57-,58-,59-,60-,61-,62-,63-/m0/s1. The predicted octanol–water partition coefficient (Wildman–Crippen LogP) is 3.94. The van der Waals surface area contributed by atoms with Gasteiger partial charge in [-0.2, -0.15) is 23.5 Å². The zero-order valence-corrected chi connectivity index (χ0v) is 58.4. The Morgan fingerprint density at radius 1 is 0.587 bits per heavy atom. The first-order valence-corrected chi connectivity index (χ1v) is 36.3. The third-order valence-corrected chi connectivity index (χ3v) is 20.0. The van der Waals surface area contributed by atoms with E-state index in [4.69, 9.17) is 17.2 Å². The fourth-order valence-electron chi connectivity index (χ4n) is 12.0. The Balaban J connectivity index is 1.07. The number of phenols is 1. The molecule has 2 bridgehead atoms.